The van der Waals surface area contributed by atoms with Crippen molar-refractivity contribution in [3.05, 3.63) is 41.2 Å². The maximum Gasteiger partial charge on any atom is 0.343 e. The van der Waals surface area contributed by atoms with Crippen LogP contribution >= 0.6 is 0 Å². The number of nitrogens with one attached hydrogen (secondary N) is 1. The molecule has 0 fully saturated rings. The molecule has 148 valence electrons. The van der Waals surface area contributed by atoms with E-state index in [2.05, 4.69) is 17.1 Å². The lowest BCUT2D eigenvalue weighted by Gasteiger charge is -2.08. The van der Waals surface area contributed by atoms with Crippen LogP contribution in [0.25, 0.3) is 0 Å². The van der Waals surface area contributed by atoms with Gasteiger partial charge in [0.25, 0.3) is 0 Å². The Morgan fingerprint density at radius 3 is 2.19 bits per heavy atom. The summed E-state index contributed by atoms with van der Waals surface area (Å²) in [6.45, 7) is 6.58. The highest BCUT2D eigenvalue weighted by molar-refractivity contribution is 5.91. The second kappa shape index (κ2) is 11.4. The zero-order chi connectivity index (χ0) is 19.5. The van der Waals surface area contributed by atoms with Gasteiger partial charge in [-0.1, -0.05) is 51.9 Å². The number of ether oxygens (including phenoxy) is 2. The van der Waals surface area contributed by atoms with Crippen molar-refractivity contribution in [1.29, 1.82) is 0 Å². The SMILES string of the molecule is CCCCCCCCCCOc1ccc(C(=O)Oc2c(C)n[nH]c2C)cc1. The first-order valence-electron chi connectivity index (χ1n) is 10.1. The first-order chi connectivity index (χ1) is 13.1. The van der Waals surface area contributed by atoms with Gasteiger partial charge in [0, 0.05) is 0 Å². The van der Waals surface area contributed by atoms with E-state index in [1.807, 2.05) is 19.1 Å². The number of carbonyl (C=O) groups excluding carboxylic acids is 1. The van der Waals surface area contributed by atoms with Gasteiger partial charge < -0.3 is 9.47 Å². The molecule has 0 saturated carbocycles. The molecule has 0 aliphatic rings. The van der Waals surface area contributed by atoms with Crippen molar-refractivity contribution in [2.45, 2.75) is 72.1 Å². The Balaban J connectivity index is 1.67. The minimum absolute atomic E-state index is 0.391. The zero-order valence-corrected chi connectivity index (χ0v) is 16.8. The predicted octanol–water partition coefficient (Wildman–Crippen LogP) is 5.77. The highest BCUT2D eigenvalue weighted by atomic mass is 16.5. The molecule has 2 aromatic rings. The Bertz CT molecular complexity index is 673. The van der Waals surface area contributed by atoms with Gasteiger partial charge in [0.05, 0.1) is 17.9 Å². The molecular formula is C22H32N2O3. The second-order valence-corrected chi connectivity index (χ2v) is 7.00. The van der Waals surface area contributed by atoms with E-state index in [1.165, 1.54) is 44.9 Å². The molecule has 0 aliphatic carbocycles. The van der Waals surface area contributed by atoms with Crippen LogP contribution in [0, 0.1) is 13.8 Å². The molecule has 5 nitrogen and oxygen atoms in total. The minimum atomic E-state index is -0.391. The standard InChI is InChI=1S/C22H32N2O3/c1-4-5-6-7-8-9-10-11-16-26-20-14-12-19(13-15-20)22(25)27-21-17(2)23-24-18(21)3/h12-15H,4-11,16H2,1-3H3,(H,23,24). The number of carbonyl (C=O) groups is 1. The number of H-pyrrole nitrogens is 1. The summed E-state index contributed by atoms with van der Waals surface area (Å²) in [4.78, 5) is 12.2. The number of aromatic nitrogens is 2. The first-order valence-corrected chi connectivity index (χ1v) is 10.1. The predicted molar refractivity (Wildman–Crippen MR) is 108 cm³/mol. The minimum Gasteiger partial charge on any atom is -0.494 e. The smallest absolute Gasteiger partial charge is 0.343 e. The summed E-state index contributed by atoms with van der Waals surface area (Å²) in [7, 11) is 0. The molecule has 0 aliphatic heterocycles. The average Bonchev–Trinajstić information content (AvgIpc) is 2.99. The van der Waals surface area contributed by atoms with Crippen LogP contribution < -0.4 is 9.47 Å². The average molecular weight is 373 g/mol. The quantitative estimate of drug-likeness (QED) is 0.380. The van der Waals surface area contributed by atoms with E-state index in [0.29, 0.717) is 23.6 Å². The molecule has 1 heterocycles. The van der Waals surface area contributed by atoms with Crippen LogP contribution in [0.15, 0.2) is 24.3 Å². The Morgan fingerprint density at radius 1 is 0.963 bits per heavy atom. The molecule has 1 aromatic carbocycles. The van der Waals surface area contributed by atoms with Crippen LogP contribution in [0.3, 0.4) is 0 Å². The number of hydrogen-bond acceptors (Lipinski definition) is 4. The monoisotopic (exact) mass is 372 g/mol. The Hall–Kier alpha value is -2.30. The molecule has 5 heteroatoms. The fraction of sp³-hybridized carbons (Fsp3) is 0.545. The van der Waals surface area contributed by atoms with E-state index in [1.54, 1.807) is 19.1 Å². The molecular weight excluding hydrogens is 340 g/mol. The molecule has 0 bridgehead atoms. The largest absolute Gasteiger partial charge is 0.494 e. The number of rotatable bonds is 12. The molecule has 1 N–H and O–H groups in total. The van der Waals surface area contributed by atoms with E-state index in [-0.39, 0.29) is 0 Å². The van der Waals surface area contributed by atoms with Crippen LogP contribution in [0.5, 0.6) is 11.5 Å². The van der Waals surface area contributed by atoms with Gasteiger partial charge in [-0.05, 0) is 44.5 Å². The van der Waals surface area contributed by atoms with E-state index < -0.39 is 5.97 Å². The van der Waals surface area contributed by atoms with Crippen molar-refractivity contribution in [2.24, 2.45) is 0 Å². The van der Waals surface area contributed by atoms with E-state index in [9.17, 15) is 4.79 Å². The molecule has 0 unspecified atom stereocenters. The van der Waals surface area contributed by atoms with Crippen molar-refractivity contribution in [3.8, 4) is 11.5 Å². The van der Waals surface area contributed by atoms with Gasteiger partial charge in [0.1, 0.15) is 11.4 Å². The Morgan fingerprint density at radius 2 is 1.59 bits per heavy atom. The van der Waals surface area contributed by atoms with Crippen LogP contribution in [-0.2, 0) is 0 Å². The van der Waals surface area contributed by atoms with Crippen molar-refractivity contribution < 1.29 is 14.3 Å². The number of esters is 1. The normalized spacial score (nSPS) is 10.8. The highest BCUT2D eigenvalue weighted by Gasteiger charge is 2.14. The van der Waals surface area contributed by atoms with E-state index in [0.717, 1.165) is 17.9 Å². The second-order valence-electron chi connectivity index (χ2n) is 7.00. The molecule has 0 amide bonds. The Labute approximate surface area is 162 Å². The highest BCUT2D eigenvalue weighted by Crippen LogP contribution is 2.21. The number of unbranched alkanes of at least 4 members (excludes halogenated alkanes) is 7. The summed E-state index contributed by atoms with van der Waals surface area (Å²) < 4.78 is 11.2. The summed E-state index contributed by atoms with van der Waals surface area (Å²) in [5, 5.41) is 6.83. The van der Waals surface area contributed by atoms with Crippen molar-refractivity contribution in [1.82, 2.24) is 10.2 Å². The number of benzene rings is 1. The van der Waals surface area contributed by atoms with Crippen LogP contribution in [0.4, 0.5) is 0 Å². The summed E-state index contributed by atoms with van der Waals surface area (Å²) in [6.07, 6.45) is 10.3. The van der Waals surface area contributed by atoms with Gasteiger partial charge in [-0.15, -0.1) is 0 Å². The van der Waals surface area contributed by atoms with Crippen LogP contribution in [0.1, 0.15) is 80.0 Å². The molecule has 0 atom stereocenters. The summed E-state index contributed by atoms with van der Waals surface area (Å²) in [5.41, 5.74) is 1.91. The van der Waals surface area contributed by atoms with Crippen LogP contribution in [-0.4, -0.2) is 22.8 Å². The summed E-state index contributed by atoms with van der Waals surface area (Å²) in [6, 6.07) is 7.10. The summed E-state index contributed by atoms with van der Waals surface area (Å²) >= 11 is 0. The first kappa shape index (κ1) is 21.0. The lowest BCUT2D eigenvalue weighted by atomic mass is 10.1. The van der Waals surface area contributed by atoms with Crippen molar-refractivity contribution in [2.75, 3.05) is 6.61 Å². The van der Waals surface area contributed by atoms with Crippen molar-refractivity contribution >= 4 is 5.97 Å². The van der Waals surface area contributed by atoms with Gasteiger partial charge in [0.2, 0.25) is 0 Å². The van der Waals surface area contributed by atoms with E-state index >= 15 is 0 Å². The molecule has 0 spiro atoms. The van der Waals surface area contributed by atoms with Gasteiger partial charge in [-0.2, -0.15) is 5.10 Å². The molecule has 2 rings (SSSR count). The molecule has 0 radical (unpaired) electrons. The van der Waals surface area contributed by atoms with Gasteiger partial charge in [0.15, 0.2) is 5.75 Å². The summed E-state index contributed by atoms with van der Waals surface area (Å²) in [5.74, 6) is 0.886. The molecule has 0 saturated heterocycles. The van der Waals surface area contributed by atoms with E-state index in [4.69, 9.17) is 9.47 Å². The third kappa shape index (κ3) is 7.08. The number of nitrogens with zero attached hydrogens (tertiary/aromatic N) is 1. The number of aromatic amines is 1. The van der Waals surface area contributed by atoms with Gasteiger partial charge in [-0.25, -0.2) is 4.79 Å². The zero-order valence-electron chi connectivity index (χ0n) is 16.8. The fourth-order valence-corrected chi connectivity index (χ4v) is 2.96. The third-order valence-electron chi connectivity index (χ3n) is 4.61. The topological polar surface area (TPSA) is 64.2 Å². The van der Waals surface area contributed by atoms with Gasteiger partial charge in [-0.3, -0.25) is 5.10 Å². The number of aryl methyl sites for hydroxylation is 2. The number of hydrogen-bond donors (Lipinski definition) is 1. The van der Waals surface area contributed by atoms with Gasteiger partial charge >= 0.3 is 5.97 Å². The fourth-order valence-electron chi connectivity index (χ4n) is 2.96. The van der Waals surface area contributed by atoms with Crippen molar-refractivity contribution in [3.63, 3.8) is 0 Å². The lowest BCUT2D eigenvalue weighted by molar-refractivity contribution is 0.0732. The Kier molecular flexibility index (Phi) is 8.89. The maximum absolute atomic E-state index is 12.2. The molecule has 1 aromatic heterocycles. The maximum atomic E-state index is 12.2. The molecule has 27 heavy (non-hydrogen) atoms. The third-order valence-corrected chi connectivity index (χ3v) is 4.61. The lowest BCUT2D eigenvalue weighted by Crippen LogP contribution is -2.09. The van der Waals surface area contributed by atoms with Crippen LogP contribution in [0.2, 0.25) is 0 Å².